The summed E-state index contributed by atoms with van der Waals surface area (Å²) in [6, 6.07) is 13.4. The number of amides is 1. The zero-order valence-electron chi connectivity index (χ0n) is 21.1. The van der Waals surface area contributed by atoms with E-state index in [0.29, 0.717) is 43.6 Å². The number of nitrogens with zero attached hydrogens (tertiary/aromatic N) is 2. The van der Waals surface area contributed by atoms with Crippen molar-refractivity contribution in [2.45, 2.75) is 70.2 Å². The number of rotatable bonds is 8. The Morgan fingerprint density at radius 1 is 1.16 bits per heavy atom. The van der Waals surface area contributed by atoms with E-state index in [1.54, 1.807) is 4.90 Å². The summed E-state index contributed by atoms with van der Waals surface area (Å²) in [5, 5.41) is 9.17. The second kappa shape index (κ2) is 11.0. The van der Waals surface area contributed by atoms with Gasteiger partial charge in [0, 0.05) is 12.8 Å². The molecule has 196 valence electrons. The van der Waals surface area contributed by atoms with Crippen LogP contribution in [-0.4, -0.2) is 58.3 Å². The lowest BCUT2D eigenvalue weighted by molar-refractivity contribution is -0.144. The Kier molecular flexibility index (Phi) is 7.55. The standard InChI is InChI=1S/C29H33FN2O5/c1-18-4-2-3-5-21(18)14-27-31-25-11-6-19(12-26(25)37-27)13-28(33)32-16-22(30)15-23(32)17-36-24-9-7-20(8-10-24)29(34)35/h2-6,11-12,20,22-24H,7-10,13-17H2,1H3,(H,34,35)/t20?,22-,23-,24?/m0/s1. The van der Waals surface area contributed by atoms with E-state index in [4.69, 9.17) is 14.3 Å². The summed E-state index contributed by atoms with van der Waals surface area (Å²) in [4.78, 5) is 30.5. The molecule has 5 rings (SSSR count). The molecular weight excluding hydrogens is 475 g/mol. The summed E-state index contributed by atoms with van der Waals surface area (Å²) in [5.74, 6) is -0.568. The van der Waals surface area contributed by atoms with Gasteiger partial charge in [-0.3, -0.25) is 9.59 Å². The average molecular weight is 509 g/mol. The summed E-state index contributed by atoms with van der Waals surface area (Å²) in [5.41, 5.74) is 4.51. The molecule has 8 heteroatoms. The molecule has 1 aliphatic heterocycles. The molecule has 1 amide bonds. The molecule has 0 unspecified atom stereocenters. The monoisotopic (exact) mass is 508 g/mol. The summed E-state index contributed by atoms with van der Waals surface area (Å²) in [6.45, 7) is 2.41. The van der Waals surface area contributed by atoms with Crippen LogP contribution in [0.4, 0.5) is 4.39 Å². The zero-order chi connectivity index (χ0) is 25.9. The first-order chi connectivity index (χ1) is 17.9. The third-order valence-corrected chi connectivity index (χ3v) is 7.69. The van der Waals surface area contributed by atoms with Gasteiger partial charge in [-0.25, -0.2) is 9.37 Å². The SMILES string of the molecule is Cc1ccccc1Cc1nc2ccc(CC(=O)N3C[C@@H](F)C[C@H]3COC3CCC(C(=O)O)CC3)cc2o1. The summed E-state index contributed by atoms with van der Waals surface area (Å²) in [7, 11) is 0. The van der Waals surface area contributed by atoms with E-state index in [1.807, 2.05) is 30.3 Å². The predicted octanol–water partition coefficient (Wildman–Crippen LogP) is 4.87. The molecule has 0 bridgehead atoms. The second-order valence-electron chi connectivity index (χ2n) is 10.4. The number of aryl methyl sites for hydroxylation is 1. The van der Waals surface area contributed by atoms with Gasteiger partial charge in [0.2, 0.25) is 5.91 Å². The van der Waals surface area contributed by atoms with Gasteiger partial charge < -0.3 is 19.2 Å². The van der Waals surface area contributed by atoms with Crippen molar-refractivity contribution in [1.82, 2.24) is 9.88 Å². The highest BCUT2D eigenvalue weighted by Gasteiger charge is 2.36. The van der Waals surface area contributed by atoms with Crippen molar-refractivity contribution in [2.75, 3.05) is 13.2 Å². The first-order valence-electron chi connectivity index (χ1n) is 13.1. The molecule has 0 radical (unpaired) electrons. The Bertz CT molecular complexity index is 1270. The van der Waals surface area contributed by atoms with Gasteiger partial charge in [-0.1, -0.05) is 30.3 Å². The molecule has 2 heterocycles. The minimum atomic E-state index is -1.07. The lowest BCUT2D eigenvalue weighted by Crippen LogP contribution is -2.40. The fourth-order valence-electron chi connectivity index (χ4n) is 5.50. The average Bonchev–Trinajstić information content (AvgIpc) is 3.46. The number of aliphatic carboxylic acids is 1. The zero-order valence-corrected chi connectivity index (χ0v) is 21.1. The maximum atomic E-state index is 14.3. The van der Waals surface area contributed by atoms with E-state index in [9.17, 15) is 14.0 Å². The Balaban J connectivity index is 1.19. The summed E-state index contributed by atoms with van der Waals surface area (Å²) in [6.07, 6.45) is 2.46. The smallest absolute Gasteiger partial charge is 0.306 e. The van der Waals surface area contributed by atoms with Crippen LogP contribution in [0.2, 0.25) is 0 Å². The third kappa shape index (κ3) is 6.01. The molecular formula is C29H33FN2O5. The van der Waals surface area contributed by atoms with Crippen molar-refractivity contribution in [2.24, 2.45) is 5.92 Å². The number of carbonyl (C=O) groups excluding carboxylic acids is 1. The van der Waals surface area contributed by atoms with Gasteiger partial charge in [0.15, 0.2) is 11.5 Å². The van der Waals surface area contributed by atoms with Crippen molar-refractivity contribution in [3.63, 3.8) is 0 Å². The van der Waals surface area contributed by atoms with Crippen molar-refractivity contribution >= 4 is 23.0 Å². The van der Waals surface area contributed by atoms with Crippen LogP contribution in [0.15, 0.2) is 46.9 Å². The van der Waals surface area contributed by atoms with Gasteiger partial charge in [0.1, 0.15) is 11.7 Å². The fraction of sp³-hybridized carbons (Fsp3) is 0.483. The largest absolute Gasteiger partial charge is 0.481 e. The molecule has 1 aromatic heterocycles. The number of fused-ring (bicyclic) bond motifs is 1. The maximum Gasteiger partial charge on any atom is 0.306 e. The van der Waals surface area contributed by atoms with E-state index >= 15 is 0 Å². The lowest BCUT2D eigenvalue weighted by Gasteiger charge is -2.29. The highest BCUT2D eigenvalue weighted by molar-refractivity contribution is 5.81. The van der Waals surface area contributed by atoms with E-state index in [1.165, 1.54) is 5.56 Å². The Hall–Kier alpha value is -3.26. The van der Waals surface area contributed by atoms with Crippen LogP contribution in [0.1, 0.15) is 54.7 Å². The molecule has 3 aromatic rings. The van der Waals surface area contributed by atoms with E-state index in [2.05, 4.69) is 24.0 Å². The van der Waals surface area contributed by atoms with Gasteiger partial charge in [0.05, 0.1) is 37.6 Å². The topological polar surface area (TPSA) is 92.9 Å². The number of halogens is 1. The van der Waals surface area contributed by atoms with Crippen molar-refractivity contribution < 1.29 is 28.2 Å². The van der Waals surface area contributed by atoms with Crippen molar-refractivity contribution in [3.8, 4) is 0 Å². The first kappa shape index (κ1) is 25.4. The number of aromatic nitrogens is 1. The van der Waals surface area contributed by atoms with Gasteiger partial charge in [-0.15, -0.1) is 0 Å². The minimum absolute atomic E-state index is 0.0334. The normalized spacial score (nSPS) is 24.0. The van der Waals surface area contributed by atoms with Crippen molar-refractivity contribution in [1.29, 1.82) is 0 Å². The van der Waals surface area contributed by atoms with Crippen LogP contribution >= 0.6 is 0 Å². The van der Waals surface area contributed by atoms with Crippen LogP contribution < -0.4 is 0 Å². The van der Waals surface area contributed by atoms with Gasteiger partial charge >= 0.3 is 5.97 Å². The Labute approximate surface area is 215 Å². The van der Waals surface area contributed by atoms with E-state index in [-0.39, 0.29) is 50.0 Å². The maximum absolute atomic E-state index is 14.3. The Morgan fingerprint density at radius 3 is 2.70 bits per heavy atom. The van der Waals surface area contributed by atoms with Crippen LogP contribution in [0.5, 0.6) is 0 Å². The van der Waals surface area contributed by atoms with Gasteiger partial charge in [0.25, 0.3) is 0 Å². The molecule has 2 aliphatic rings. The van der Waals surface area contributed by atoms with Crippen LogP contribution in [0, 0.1) is 12.8 Å². The highest BCUT2D eigenvalue weighted by atomic mass is 19.1. The number of carboxylic acid groups (broad SMARTS) is 1. The van der Waals surface area contributed by atoms with Crippen LogP contribution in [-0.2, 0) is 27.2 Å². The minimum Gasteiger partial charge on any atom is -0.481 e. The molecule has 1 saturated carbocycles. The van der Waals surface area contributed by atoms with Crippen LogP contribution in [0.25, 0.3) is 11.1 Å². The molecule has 1 aliphatic carbocycles. The molecule has 1 saturated heterocycles. The summed E-state index contributed by atoms with van der Waals surface area (Å²) < 4.78 is 26.3. The number of carboxylic acids is 1. The number of hydrogen-bond acceptors (Lipinski definition) is 5. The van der Waals surface area contributed by atoms with E-state index in [0.717, 1.165) is 16.6 Å². The van der Waals surface area contributed by atoms with Gasteiger partial charge in [-0.05, 0) is 61.4 Å². The van der Waals surface area contributed by atoms with Gasteiger partial charge in [-0.2, -0.15) is 0 Å². The molecule has 0 spiro atoms. The molecule has 1 N–H and O–H groups in total. The number of hydrogen-bond donors (Lipinski definition) is 1. The second-order valence-corrected chi connectivity index (χ2v) is 10.4. The van der Waals surface area contributed by atoms with Crippen molar-refractivity contribution in [3.05, 3.63) is 65.0 Å². The lowest BCUT2D eigenvalue weighted by atomic mass is 9.87. The number of ether oxygens (including phenoxy) is 1. The highest BCUT2D eigenvalue weighted by Crippen LogP contribution is 2.29. The van der Waals surface area contributed by atoms with E-state index < -0.39 is 12.1 Å². The molecule has 2 atom stereocenters. The molecule has 7 nitrogen and oxygen atoms in total. The number of benzene rings is 2. The number of carbonyl (C=O) groups is 2. The van der Waals surface area contributed by atoms with Crippen LogP contribution in [0.3, 0.4) is 0 Å². The quantitative estimate of drug-likeness (QED) is 0.467. The number of oxazole rings is 1. The third-order valence-electron chi connectivity index (χ3n) is 7.69. The molecule has 2 aromatic carbocycles. The summed E-state index contributed by atoms with van der Waals surface area (Å²) >= 11 is 0. The predicted molar refractivity (Wildman–Crippen MR) is 136 cm³/mol. The number of likely N-dealkylation sites (tertiary alicyclic amines) is 1. The first-order valence-corrected chi connectivity index (χ1v) is 13.1. The fourth-order valence-corrected chi connectivity index (χ4v) is 5.50. The molecule has 2 fully saturated rings. The Morgan fingerprint density at radius 2 is 1.95 bits per heavy atom. The molecule has 37 heavy (non-hydrogen) atoms. The number of alkyl halides is 1.